The molecule has 0 heterocycles. The second-order valence-electron chi connectivity index (χ2n) is 12.0. The fourth-order valence-electron chi connectivity index (χ4n) is 3.79. The lowest BCUT2D eigenvalue weighted by molar-refractivity contribution is -0.160. The molecule has 0 unspecified atom stereocenters. The van der Waals surface area contributed by atoms with Crippen LogP contribution in [0.1, 0.15) is 68.7 Å². The molecule has 0 saturated carbocycles. The number of nitrogens with one attached hydrogen (secondary N) is 4. The Bertz CT molecular complexity index is 1130. The van der Waals surface area contributed by atoms with Gasteiger partial charge >= 0.3 is 5.97 Å². The number of carbonyl (C=O) groups is 4. The molecule has 0 aliphatic heterocycles. The highest BCUT2D eigenvalue weighted by Gasteiger charge is 2.42. The van der Waals surface area contributed by atoms with Gasteiger partial charge in [0.2, 0.25) is 27.7 Å². The summed E-state index contributed by atoms with van der Waals surface area (Å²) < 4.78 is 34.7. The molecule has 3 amide bonds. The Kier molecular flexibility index (Phi) is 11.7. The third-order valence-electron chi connectivity index (χ3n) is 5.55. The van der Waals surface area contributed by atoms with Crippen LogP contribution in [0, 0.1) is 17.3 Å². The Labute approximate surface area is 232 Å². The van der Waals surface area contributed by atoms with Gasteiger partial charge in [0.1, 0.15) is 17.7 Å². The summed E-state index contributed by atoms with van der Waals surface area (Å²) in [6.45, 7) is 15.2. The van der Waals surface area contributed by atoms with E-state index in [1.54, 1.807) is 41.5 Å². The van der Waals surface area contributed by atoms with Crippen molar-refractivity contribution in [3.8, 4) is 0 Å². The van der Waals surface area contributed by atoms with E-state index < -0.39 is 56.8 Å². The number of rotatable bonds is 11. The molecule has 12 heteroatoms. The van der Waals surface area contributed by atoms with Gasteiger partial charge in [-0.2, -0.15) is 4.72 Å². The number of ether oxygens (including phenoxy) is 1. The van der Waals surface area contributed by atoms with Gasteiger partial charge in [0.05, 0.1) is 10.8 Å². The van der Waals surface area contributed by atoms with Crippen LogP contribution in [0.4, 0.5) is 5.69 Å². The van der Waals surface area contributed by atoms with Crippen molar-refractivity contribution in [3.05, 3.63) is 24.3 Å². The fourth-order valence-corrected chi connectivity index (χ4v) is 5.01. The predicted molar refractivity (Wildman–Crippen MR) is 149 cm³/mol. The first-order valence-electron chi connectivity index (χ1n) is 12.8. The molecule has 11 nitrogen and oxygen atoms in total. The summed E-state index contributed by atoms with van der Waals surface area (Å²) in [6, 6.07) is 2.85. The number of benzene rings is 1. The zero-order valence-corrected chi connectivity index (χ0v) is 25.4. The Hall–Kier alpha value is -2.99. The van der Waals surface area contributed by atoms with Crippen molar-refractivity contribution in [2.75, 3.05) is 12.4 Å². The van der Waals surface area contributed by atoms with Crippen molar-refractivity contribution in [1.29, 1.82) is 0 Å². The van der Waals surface area contributed by atoms with Crippen LogP contribution in [-0.4, -0.2) is 56.8 Å². The van der Waals surface area contributed by atoms with Gasteiger partial charge in [0.25, 0.3) is 0 Å². The lowest BCUT2D eigenvalue weighted by atomic mass is 9.84. The van der Waals surface area contributed by atoms with Crippen molar-refractivity contribution in [2.45, 2.75) is 91.3 Å². The number of carbonyl (C=O) groups excluding carboxylic acids is 4. The van der Waals surface area contributed by atoms with Crippen molar-refractivity contribution in [2.24, 2.45) is 17.3 Å². The number of sulfonamides is 1. The molecule has 0 bridgehead atoms. The number of esters is 1. The van der Waals surface area contributed by atoms with Gasteiger partial charge in [-0.05, 0) is 62.8 Å². The number of anilines is 1. The molecule has 0 saturated heterocycles. The molecule has 1 aromatic rings. The normalized spacial score (nSPS) is 14.6. The fraction of sp³-hybridized carbons (Fsp3) is 0.630. The topological polar surface area (TPSA) is 160 Å². The summed E-state index contributed by atoms with van der Waals surface area (Å²) in [5.74, 6) is -3.63. The van der Waals surface area contributed by atoms with E-state index in [1.807, 2.05) is 13.8 Å². The minimum atomic E-state index is -4.32. The van der Waals surface area contributed by atoms with E-state index in [0.717, 1.165) is 0 Å². The lowest BCUT2D eigenvalue weighted by Gasteiger charge is -2.34. The second kappa shape index (κ2) is 13.4. The van der Waals surface area contributed by atoms with Crippen LogP contribution in [0.3, 0.4) is 0 Å². The number of hydrogen-bond donors (Lipinski definition) is 4. The third kappa shape index (κ3) is 11.0. The van der Waals surface area contributed by atoms with E-state index in [2.05, 4.69) is 20.7 Å². The van der Waals surface area contributed by atoms with Crippen LogP contribution in [0.15, 0.2) is 29.2 Å². The standard InChI is InChI=1S/C27H44N4O7S/c1-16(2)15-20(23(33)30-22(24(34)28-10)26(4,5)6)21(25(35)38-27(7,8)9)31-39(36,37)19-13-11-18(12-14-19)29-17(3)32/h11-14,16,20-22,31H,15H2,1-10H3,(H,28,34)(H,29,32)(H,30,33)/t20-,21+,22-/m1/s1. The maximum absolute atomic E-state index is 13.7. The molecule has 39 heavy (non-hydrogen) atoms. The van der Waals surface area contributed by atoms with Crippen LogP contribution in [0.25, 0.3) is 0 Å². The third-order valence-corrected chi connectivity index (χ3v) is 7.01. The highest BCUT2D eigenvalue weighted by Crippen LogP contribution is 2.25. The van der Waals surface area contributed by atoms with E-state index in [0.29, 0.717) is 5.69 Å². The van der Waals surface area contributed by atoms with Crippen molar-refractivity contribution in [3.63, 3.8) is 0 Å². The molecule has 220 valence electrons. The highest BCUT2D eigenvalue weighted by molar-refractivity contribution is 7.89. The Morgan fingerprint density at radius 3 is 1.87 bits per heavy atom. The molecular weight excluding hydrogens is 524 g/mol. The van der Waals surface area contributed by atoms with Crippen LogP contribution in [0.2, 0.25) is 0 Å². The largest absolute Gasteiger partial charge is 0.459 e. The Morgan fingerprint density at radius 1 is 0.923 bits per heavy atom. The predicted octanol–water partition coefficient (Wildman–Crippen LogP) is 2.57. The van der Waals surface area contributed by atoms with Crippen molar-refractivity contribution < 1.29 is 32.3 Å². The van der Waals surface area contributed by atoms with Crippen LogP contribution >= 0.6 is 0 Å². The zero-order chi connectivity index (χ0) is 30.3. The van der Waals surface area contributed by atoms with Crippen LogP contribution in [0.5, 0.6) is 0 Å². The summed E-state index contributed by atoms with van der Waals surface area (Å²) in [7, 11) is -2.87. The van der Waals surface area contributed by atoms with Crippen molar-refractivity contribution in [1.82, 2.24) is 15.4 Å². The Balaban J connectivity index is 3.54. The van der Waals surface area contributed by atoms with E-state index in [9.17, 15) is 27.6 Å². The summed E-state index contributed by atoms with van der Waals surface area (Å²) >= 11 is 0. The van der Waals surface area contributed by atoms with E-state index in [4.69, 9.17) is 4.74 Å². The molecule has 0 aliphatic rings. The molecule has 0 fully saturated rings. The Morgan fingerprint density at radius 2 is 1.46 bits per heavy atom. The van der Waals surface area contributed by atoms with Gasteiger partial charge in [-0.25, -0.2) is 8.42 Å². The molecule has 0 aliphatic carbocycles. The van der Waals surface area contributed by atoms with Crippen molar-refractivity contribution >= 4 is 39.4 Å². The van der Waals surface area contributed by atoms with Gasteiger partial charge < -0.3 is 20.7 Å². The van der Waals surface area contributed by atoms with Gasteiger partial charge in [-0.3, -0.25) is 19.2 Å². The second-order valence-corrected chi connectivity index (χ2v) is 13.7. The highest BCUT2D eigenvalue weighted by atomic mass is 32.2. The molecule has 4 N–H and O–H groups in total. The summed E-state index contributed by atoms with van der Waals surface area (Å²) in [5.41, 5.74) is -1.24. The quantitative estimate of drug-likeness (QED) is 0.299. The van der Waals surface area contributed by atoms with Gasteiger partial charge in [0, 0.05) is 19.7 Å². The van der Waals surface area contributed by atoms with E-state index in [1.165, 1.54) is 38.2 Å². The monoisotopic (exact) mass is 568 g/mol. The first-order valence-corrected chi connectivity index (χ1v) is 14.3. The van der Waals surface area contributed by atoms with Gasteiger partial charge in [-0.1, -0.05) is 34.6 Å². The first-order chi connectivity index (χ1) is 17.7. The molecule has 1 aromatic carbocycles. The van der Waals surface area contributed by atoms with E-state index >= 15 is 0 Å². The van der Waals surface area contributed by atoms with Crippen LogP contribution in [-0.2, 0) is 33.9 Å². The minimum Gasteiger partial charge on any atom is -0.459 e. The van der Waals surface area contributed by atoms with Gasteiger partial charge in [0.15, 0.2) is 0 Å². The molecular formula is C27H44N4O7S. The molecule has 0 radical (unpaired) electrons. The average Bonchev–Trinajstić information content (AvgIpc) is 2.76. The number of amides is 3. The molecule has 0 aromatic heterocycles. The summed E-state index contributed by atoms with van der Waals surface area (Å²) in [4.78, 5) is 50.8. The first kappa shape index (κ1) is 34.0. The molecule has 0 spiro atoms. The SMILES string of the molecule is CNC(=O)[C@@H](NC(=O)[C@H](CC(C)C)[C@H](NS(=O)(=O)c1ccc(NC(C)=O)cc1)C(=O)OC(C)(C)C)C(C)(C)C. The summed E-state index contributed by atoms with van der Waals surface area (Å²) in [6.07, 6.45) is 0.129. The zero-order valence-electron chi connectivity index (χ0n) is 24.6. The minimum absolute atomic E-state index is 0.111. The molecule has 3 atom stereocenters. The maximum atomic E-state index is 13.7. The number of hydrogen-bond acceptors (Lipinski definition) is 7. The number of likely N-dealkylation sites (N-methyl/N-ethyl adjacent to an activating group) is 1. The average molecular weight is 569 g/mol. The smallest absolute Gasteiger partial charge is 0.325 e. The maximum Gasteiger partial charge on any atom is 0.325 e. The van der Waals surface area contributed by atoms with E-state index in [-0.39, 0.29) is 23.1 Å². The lowest BCUT2D eigenvalue weighted by Crippen LogP contribution is -2.58. The summed E-state index contributed by atoms with van der Waals surface area (Å²) in [5, 5.41) is 7.81. The molecule has 1 rings (SSSR count). The van der Waals surface area contributed by atoms with Gasteiger partial charge in [-0.15, -0.1) is 0 Å². The van der Waals surface area contributed by atoms with Crippen LogP contribution < -0.4 is 20.7 Å².